The molecule has 0 saturated heterocycles. The lowest BCUT2D eigenvalue weighted by Gasteiger charge is -2.29. The number of hydrogen-bond donors (Lipinski definition) is 2. The quantitative estimate of drug-likeness (QED) is 0.663. The van der Waals surface area contributed by atoms with E-state index in [2.05, 4.69) is 27.7 Å². The van der Waals surface area contributed by atoms with Crippen LogP contribution in [0.2, 0.25) is 0 Å². The molecule has 0 unspecified atom stereocenters. The molecule has 0 aromatic carbocycles. The Morgan fingerprint density at radius 1 is 0.833 bits per heavy atom. The molecule has 0 rings (SSSR count). The molecule has 0 fully saturated rings. The fraction of sp³-hybridized carbons (Fsp3) is 1.00. The van der Waals surface area contributed by atoms with Crippen LogP contribution in [0.3, 0.4) is 0 Å². The number of rotatable bonds is 5. The van der Waals surface area contributed by atoms with Crippen LogP contribution in [-0.2, 0) is 0 Å². The highest BCUT2D eigenvalue weighted by Crippen LogP contribution is 2.15. The predicted octanol–water partition coefficient (Wildman–Crippen LogP) is 1.73. The van der Waals surface area contributed by atoms with Crippen molar-refractivity contribution >= 4 is 0 Å². The van der Waals surface area contributed by atoms with E-state index in [0.29, 0.717) is 11.8 Å². The third-order valence-electron chi connectivity index (χ3n) is 3.05. The predicted molar refractivity (Wildman–Crippen MR) is 54.9 cm³/mol. The molecular weight excluding hydrogens is 148 g/mol. The average Bonchev–Trinajstić information content (AvgIpc) is 2.12. The molecule has 2 nitrogen and oxygen atoms in total. The smallest absolute Gasteiger partial charge is 0.0220 e. The van der Waals surface area contributed by atoms with E-state index in [9.17, 15) is 0 Å². The van der Waals surface area contributed by atoms with Crippen LogP contribution in [0.25, 0.3) is 0 Å². The van der Waals surface area contributed by atoms with Crippen molar-refractivity contribution in [3.05, 3.63) is 0 Å². The first-order valence-electron chi connectivity index (χ1n) is 5.05. The largest absolute Gasteiger partial charge is 0.326 e. The summed E-state index contributed by atoms with van der Waals surface area (Å²) in [5.74, 6) is 1.07. The number of hydrogen-bond acceptors (Lipinski definition) is 2. The van der Waals surface area contributed by atoms with Crippen LogP contribution in [0, 0.1) is 11.8 Å². The second kappa shape index (κ2) is 5.55. The molecular formula is C10H24N2. The summed E-state index contributed by atoms with van der Waals surface area (Å²) in [5, 5.41) is 0. The summed E-state index contributed by atoms with van der Waals surface area (Å²) in [4.78, 5) is 0. The fourth-order valence-electron chi connectivity index (χ4n) is 1.30. The summed E-state index contributed by atoms with van der Waals surface area (Å²) < 4.78 is 0. The van der Waals surface area contributed by atoms with E-state index in [4.69, 9.17) is 11.5 Å². The highest BCUT2D eigenvalue weighted by atomic mass is 14.8. The number of nitrogens with two attached hydrogens (primary N) is 2. The molecule has 0 amide bonds. The van der Waals surface area contributed by atoms with Crippen LogP contribution in [0.1, 0.15) is 40.5 Å². The van der Waals surface area contributed by atoms with E-state index >= 15 is 0 Å². The normalized spacial score (nSPS) is 21.5. The van der Waals surface area contributed by atoms with Gasteiger partial charge in [-0.15, -0.1) is 0 Å². The van der Waals surface area contributed by atoms with Gasteiger partial charge in [-0.25, -0.2) is 0 Å². The monoisotopic (exact) mass is 172 g/mol. The Labute approximate surface area is 76.7 Å². The first-order chi connectivity index (χ1) is 5.54. The van der Waals surface area contributed by atoms with Crippen LogP contribution in [-0.4, -0.2) is 12.1 Å². The average molecular weight is 172 g/mol. The molecule has 0 spiro atoms. The van der Waals surface area contributed by atoms with Crippen molar-refractivity contribution in [2.45, 2.75) is 52.6 Å². The van der Waals surface area contributed by atoms with E-state index in [-0.39, 0.29) is 12.1 Å². The summed E-state index contributed by atoms with van der Waals surface area (Å²) in [5.41, 5.74) is 12.0. The SMILES string of the molecule is CC[C@@H](C)[C@@H](N)[C@H](N)[C@@H](C)CC. The zero-order valence-corrected chi connectivity index (χ0v) is 8.88. The van der Waals surface area contributed by atoms with Gasteiger partial charge in [-0.1, -0.05) is 40.5 Å². The molecule has 12 heavy (non-hydrogen) atoms. The maximum absolute atomic E-state index is 6.02. The minimum Gasteiger partial charge on any atom is -0.326 e. The van der Waals surface area contributed by atoms with Gasteiger partial charge in [0.1, 0.15) is 0 Å². The molecule has 0 aliphatic heterocycles. The molecule has 0 saturated carbocycles. The molecule has 0 aromatic rings. The van der Waals surface area contributed by atoms with Gasteiger partial charge in [-0.05, 0) is 11.8 Å². The molecule has 0 radical (unpaired) electrons. The van der Waals surface area contributed by atoms with Crippen molar-refractivity contribution in [3.8, 4) is 0 Å². The van der Waals surface area contributed by atoms with Crippen LogP contribution in [0.5, 0.6) is 0 Å². The highest BCUT2D eigenvalue weighted by molar-refractivity contribution is 4.83. The van der Waals surface area contributed by atoms with Gasteiger partial charge in [0, 0.05) is 12.1 Å². The minimum atomic E-state index is 0.157. The lowest BCUT2D eigenvalue weighted by molar-refractivity contribution is 0.308. The molecule has 0 bridgehead atoms. The second-order valence-electron chi connectivity index (χ2n) is 3.93. The topological polar surface area (TPSA) is 52.0 Å². The van der Waals surface area contributed by atoms with Crippen LogP contribution in [0.15, 0.2) is 0 Å². The second-order valence-corrected chi connectivity index (χ2v) is 3.93. The molecule has 4 N–H and O–H groups in total. The van der Waals surface area contributed by atoms with E-state index < -0.39 is 0 Å². The van der Waals surface area contributed by atoms with Gasteiger partial charge in [-0.3, -0.25) is 0 Å². The van der Waals surface area contributed by atoms with E-state index in [1.165, 1.54) is 0 Å². The van der Waals surface area contributed by atoms with Gasteiger partial charge < -0.3 is 11.5 Å². The van der Waals surface area contributed by atoms with Crippen molar-refractivity contribution in [1.82, 2.24) is 0 Å². The van der Waals surface area contributed by atoms with Crippen LogP contribution < -0.4 is 11.5 Å². The molecule has 0 aliphatic rings. The highest BCUT2D eigenvalue weighted by Gasteiger charge is 2.22. The zero-order chi connectivity index (χ0) is 9.72. The summed E-state index contributed by atoms with van der Waals surface area (Å²) in [6, 6.07) is 0.315. The molecule has 74 valence electrons. The molecule has 2 heteroatoms. The lowest BCUT2D eigenvalue weighted by atomic mass is 9.86. The summed E-state index contributed by atoms with van der Waals surface area (Å²) in [6.07, 6.45) is 2.23. The van der Waals surface area contributed by atoms with E-state index in [1.807, 2.05) is 0 Å². The van der Waals surface area contributed by atoms with E-state index in [0.717, 1.165) is 12.8 Å². The molecule has 4 atom stereocenters. The molecule has 0 aromatic heterocycles. The minimum absolute atomic E-state index is 0.157. The summed E-state index contributed by atoms with van der Waals surface area (Å²) >= 11 is 0. The Morgan fingerprint density at radius 2 is 1.08 bits per heavy atom. The van der Waals surface area contributed by atoms with Crippen molar-refractivity contribution < 1.29 is 0 Å². The Kier molecular flexibility index (Phi) is 5.51. The standard InChI is InChI=1S/C10H24N2/c1-5-7(3)9(11)10(12)8(4)6-2/h7-10H,5-6,11-12H2,1-4H3/t7-,8+,9-,10-/m1/s1. The van der Waals surface area contributed by atoms with Gasteiger partial charge >= 0.3 is 0 Å². The Balaban J connectivity index is 3.99. The van der Waals surface area contributed by atoms with Gasteiger partial charge in [0.05, 0.1) is 0 Å². The van der Waals surface area contributed by atoms with Gasteiger partial charge in [0.15, 0.2) is 0 Å². The van der Waals surface area contributed by atoms with Crippen LogP contribution in [0.4, 0.5) is 0 Å². The Morgan fingerprint density at radius 3 is 1.25 bits per heavy atom. The summed E-state index contributed by atoms with van der Waals surface area (Å²) in [7, 11) is 0. The van der Waals surface area contributed by atoms with Crippen molar-refractivity contribution in [2.24, 2.45) is 23.3 Å². The van der Waals surface area contributed by atoms with Crippen molar-refractivity contribution in [2.75, 3.05) is 0 Å². The van der Waals surface area contributed by atoms with Gasteiger partial charge in [0.2, 0.25) is 0 Å². The van der Waals surface area contributed by atoms with Crippen molar-refractivity contribution in [1.29, 1.82) is 0 Å². The molecule has 0 heterocycles. The maximum Gasteiger partial charge on any atom is 0.0220 e. The van der Waals surface area contributed by atoms with Gasteiger partial charge in [-0.2, -0.15) is 0 Å². The first-order valence-corrected chi connectivity index (χ1v) is 5.05. The fourth-order valence-corrected chi connectivity index (χ4v) is 1.30. The zero-order valence-electron chi connectivity index (χ0n) is 8.88. The molecule has 0 aliphatic carbocycles. The third kappa shape index (κ3) is 3.11. The third-order valence-corrected chi connectivity index (χ3v) is 3.05. The lowest BCUT2D eigenvalue weighted by Crippen LogP contribution is -2.49. The Hall–Kier alpha value is -0.0800. The maximum atomic E-state index is 6.02. The van der Waals surface area contributed by atoms with Crippen molar-refractivity contribution in [3.63, 3.8) is 0 Å². The first kappa shape index (κ1) is 11.9. The Bertz CT molecular complexity index is 100. The van der Waals surface area contributed by atoms with Gasteiger partial charge in [0.25, 0.3) is 0 Å². The van der Waals surface area contributed by atoms with E-state index in [1.54, 1.807) is 0 Å². The summed E-state index contributed by atoms with van der Waals surface area (Å²) in [6.45, 7) is 8.67. The van der Waals surface area contributed by atoms with Crippen LogP contribution >= 0.6 is 0 Å².